The first-order chi connectivity index (χ1) is 18.8. The summed E-state index contributed by atoms with van der Waals surface area (Å²) in [6, 6.07) is 17.3. The third-order valence-corrected chi connectivity index (χ3v) is 6.07. The average molecular weight is 550 g/mol. The molecule has 0 bridgehead atoms. The van der Waals surface area contributed by atoms with E-state index in [1.807, 2.05) is 38.1 Å². The van der Waals surface area contributed by atoms with Gasteiger partial charge >= 0.3 is 6.03 Å². The van der Waals surface area contributed by atoms with Crippen LogP contribution in [-0.4, -0.2) is 43.0 Å². The van der Waals surface area contributed by atoms with Crippen molar-refractivity contribution in [2.45, 2.75) is 20.5 Å². The van der Waals surface area contributed by atoms with Gasteiger partial charge in [0.15, 0.2) is 11.5 Å². The molecule has 0 spiro atoms. The number of halogens is 1. The Labute approximate surface area is 231 Å². The molecule has 1 heterocycles. The number of imide groups is 1. The second-order valence-corrected chi connectivity index (χ2v) is 9.07. The van der Waals surface area contributed by atoms with E-state index >= 15 is 0 Å². The van der Waals surface area contributed by atoms with E-state index in [1.165, 1.54) is 13.2 Å². The number of nitrogens with zero attached hydrogens (tertiary/aromatic N) is 1. The summed E-state index contributed by atoms with van der Waals surface area (Å²) in [5.74, 6) is 0.0216. The van der Waals surface area contributed by atoms with Crippen LogP contribution in [0.15, 0.2) is 66.4 Å². The summed E-state index contributed by atoms with van der Waals surface area (Å²) in [6.07, 6.45) is 1.47. The quantitative estimate of drug-likeness (QED) is 0.267. The van der Waals surface area contributed by atoms with E-state index in [2.05, 4.69) is 10.6 Å². The van der Waals surface area contributed by atoms with Crippen LogP contribution in [-0.2, 0) is 16.2 Å². The third kappa shape index (κ3) is 6.69. The number of nitrogens with one attached hydrogen (secondary N) is 2. The highest BCUT2D eigenvalue weighted by atomic mass is 35.5. The molecule has 0 atom stereocenters. The second-order valence-electron chi connectivity index (χ2n) is 8.67. The van der Waals surface area contributed by atoms with Crippen molar-refractivity contribution in [1.29, 1.82) is 0 Å². The molecule has 4 rings (SSSR count). The molecule has 0 radical (unpaired) electrons. The summed E-state index contributed by atoms with van der Waals surface area (Å²) >= 11 is 6.53. The molecule has 202 valence electrons. The molecule has 9 nitrogen and oxygen atoms in total. The maximum Gasteiger partial charge on any atom is 0.329 e. The van der Waals surface area contributed by atoms with E-state index in [0.717, 1.165) is 16.0 Å². The van der Waals surface area contributed by atoms with Gasteiger partial charge in [-0.15, -0.1) is 0 Å². The fraction of sp³-hybridized carbons (Fsp3) is 0.207. The van der Waals surface area contributed by atoms with Crippen LogP contribution >= 0.6 is 11.6 Å². The lowest BCUT2D eigenvalue weighted by Crippen LogP contribution is -2.38. The Morgan fingerprint density at radius 1 is 1.05 bits per heavy atom. The number of carbonyl (C=O) groups is 3. The SMILES string of the molecule is CCOc1cc(/C=C2/NC(=O)N(CC(=O)Nc3ccccc3OC)C2=O)cc(Cl)c1OCc1ccc(C)cc1. The molecule has 0 aromatic heterocycles. The number of urea groups is 1. The van der Waals surface area contributed by atoms with Crippen LogP contribution < -0.4 is 24.8 Å². The number of rotatable bonds is 10. The normalized spacial score (nSPS) is 13.8. The Hall–Kier alpha value is -4.50. The number of benzene rings is 3. The minimum absolute atomic E-state index is 0.00284. The fourth-order valence-electron chi connectivity index (χ4n) is 3.88. The van der Waals surface area contributed by atoms with Crippen LogP contribution in [0.3, 0.4) is 0 Å². The molecular formula is C29H28ClN3O6. The zero-order valence-electron chi connectivity index (χ0n) is 21.7. The first kappa shape index (κ1) is 27.5. The highest BCUT2D eigenvalue weighted by molar-refractivity contribution is 6.32. The summed E-state index contributed by atoms with van der Waals surface area (Å²) in [5.41, 5.74) is 3.05. The van der Waals surface area contributed by atoms with E-state index in [0.29, 0.717) is 41.7 Å². The van der Waals surface area contributed by atoms with Gasteiger partial charge in [-0.05, 0) is 55.3 Å². The molecular weight excluding hydrogens is 522 g/mol. The number of aryl methyl sites for hydroxylation is 1. The minimum atomic E-state index is -0.712. The van der Waals surface area contributed by atoms with E-state index < -0.39 is 24.4 Å². The van der Waals surface area contributed by atoms with Crippen molar-refractivity contribution in [2.75, 3.05) is 25.6 Å². The third-order valence-electron chi connectivity index (χ3n) is 5.79. The van der Waals surface area contributed by atoms with Crippen molar-refractivity contribution < 1.29 is 28.6 Å². The zero-order valence-corrected chi connectivity index (χ0v) is 22.5. The van der Waals surface area contributed by atoms with Crippen molar-refractivity contribution in [1.82, 2.24) is 10.2 Å². The van der Waals surface area contributed by atoms with Crippen LogP contribution in [0, 0.1) is 6.92 Å². The number of hydrogen-bond acceptors (Lipinski definition) is 6. The van der Waals surface area contributed by atoms with Crippen molar-refractivity contribution in [2.24, 2.45) is 0 Å². The van der Waals surface area contributed by atoms with Gasteiger partial charge in [-0.25, -0.2) is 9.69 Å². The van der Waals surface area contributed by atoms with E-state index in [1.54, 1.807) is 36.4 Å². The number of ether oxygens (including phenoxy) is 3. The standard InChI is InChI=1S/C29H28ClN3O6/c1-4-38-25-15-20(13-21(30)27(25)39-17-19-11-9-18(2)10-12-19)14-23-28(35)33(29(36)32-23)16-26(34)31-22-7-5-6-8-24(22)37-3/h5-15H,4,16-17H2,1-3H3,(H,31,34)(H,32,36)/b23-14+. The number of hydrogen-bond donors (Lipinski definition) is 2. The van der Waals surface area contributed by atoms with Crippen LogP contribution in [0.2, 0.25) is 5.02 Å². The van der Waals surface area contributed by atoms with Crippen LogP contribution in [0.5, 0.6) is 17.2 Å². The van der Waals surface area contributed by atoms with Gasteiger partial charge in [-0.3, -0.25) is 9.59 Å². The van der Waals surface area contributed by atoms with E-state index in [-0.39, 0.29) is 10.7 Å². The first-order valence-electron chi connectivity index (χ1n) is 12.2. The van der Waals surface area contributed by atoms with Gasteiger partial charge in [0.25, 0.3) is 5.91 Å². The lowest BCUT2D eigenvalue weighted by atomic mass is 10.1. The van der Waals surface area contributed by atoms with Crippen LogP contribution in [0.1, 0.15) is 23.6 Å². The van der Waals surface area contributed by atoms with Crippen LogP contribution in [0.25, 0.3) is 6.08 Å². The lowest BCUT2D eigenvalue weighted by Gasteiger charge is -2.15. The largest absolute Gasteiger partial charge is 0.495 e. The Morgan fingerprint density at radius 2 is 1.79 bits per heavy atom. The fourth-order valence-corrected chi connectivity index (χ4v) is 4.15. The van der Waals surface area contributed by atoms with Crippen molar-refractivity contribution in [3.05, 3.63) is 88.1 Å². The highest BCUT2D eigenvalue weighted by Crippen LogP contribution is 2.38. The van der Waals surface area contributed by atoms with Crippen LogP contribution in [0.4, 0.5) is 10.5 Å². The molecule has 1 aliphatic heterocycles. The number of amides is 4. The Bertz CT molecular complexity index is 1420. The second kappa shape index (κ2) is 12.4. The summed E-state index contributed by atoms with van der Waals surface area (Å²) in [5, 5.41) is 5.44. The number of methoxy groups -OCH3 is 1. The topological polar surface area (TPSA) is 106 Å². The van der Waals surface area contributed by atoms with Crippen molar-refractivity contribution in [3.63, 3.8) is 0 Å². The maximum absolute atomic E-state index is 13.0. The molecule has 1 fully saturated rings. The molecule has 2 N–H and O–H groups in total. The van der Waals surface area contributed by atoms with Gasteiger partial charge < -0.3 is 24.8 Å². The predicted molar refractivity (Wildman–Crippen MR) is 148 cm³/mol. The monoisotopic (exact) mass is 549 g/mol. The molecule has 1 aliphatic rings. The Kier molecular flexibility index (Phi) is 8.73. The summed E-state index contributed by atoms with van der Waals surface area (Å²) < 4.78 is 16.9. The smallest absolute Gasteiger partial charge is 0.329 e. The molecule has 1 saturated heterocycles. The van der Waals surface area contributed by atoms with E-state index in [4.69, 9.17) is 25.8 Å². The molecule has 10 heteroatoms. The summed E-state index contributed by atoms with van der Waals surface area (Å²) in [6.45, 7) is 4.02. The highest BCUT2D eigenvalue weighted by Gasteiger charge is 2.35. The number of carbonyl (C=O) groups excluding carboxylic acids is 3. The molecule has 3 aromatic carbocycles. The summed E-state index contributed by atoms with van der Waals surface area (Å²) in [4.78, 5) is 38.8. The molecule has 4 amide bonds. The number of anilines is 1. The minimum Gasteiger partial charge on any atom is -0.495 e. The average Bonchev–Trinajstić information content (AvgIpc) is 3.16. The van der Waals surface area contributed by atoms with Gasteiger partial charge in [-0.2, -0.15) is 0 Å². The maximum atomic E-state index is 13.0. The molecule has 0 unspecified atom stereocenters. The first-order valence-corrected chi connectivity index (χ1v) is 12.6. The molecule has 39 heavy (non-hydrogen) atoms. The zero-order chi connectivity index (χ0) is 27.9. The number of para-hydroxylation sites is 2. The van der Waals surface area contributed by atoms with Gasteiger partial charge in [0, 0.05) is 0 Å². The molecule has 3 aromatic rings. The molecule has 0 aliphatic carbocycles. The van der Waals surface area contributed by atoms with Gasteiger partial charge in [0.2, 0.25) is 5.91 Å². The van der Waals surface area contributed by atoms with Crippen molar-refractivity contribution >= 4 is 41.2 Å². The summed E-state index contributed by atoms with van der Waals surface area (Å²) in [7, 11) is 1.48. The lowest BCUT2D eigenvalue weighted by molar-refractivity contribution is -0.127. The predicted octanol–water partition coefficient (Wildman–Crippen LogP) is 5.17. The van der Waals surface area contributed by atoms with Gasteiger partial charge in [0.1, 0.15) is 24.6 Å². The Balaban J connectivity index is 1.49. The van der Waals surface area contributed by atoms with Gasteiger partial charge in [-0.1, -0.05) is 53.6 Å². The van der Waals surface area contributed by atoms with Crippen molar-refractivity contribution in [3.8, 4) is 17.2 Å². The Morgan fingerprint density at radius 3 is 2.51 bits per heavy atom. The van der Waals surface area contributed by atoms with Gasteiger partial charge in [0.05, 0.1) is 24.4 Å². The van der Waals surface area contributed by atoms with E-state index in [9.17, 15) is 14.4 Å². The molecule has 0 saturated carbocycles.